The lowest BCUT2D eigenvalue weighted by atomic mass is 9.96. The molecule has 2 aromatic carbocycles. The van der Waals surface area contributed by atoms with E-state index in [9.17, 15) is 0 Å². The zero-order valence-electron chi connectivity index (χ0n) is 15.5. The molecule has 3 aromatic rings. The molecule has 1 aromatic heterocycles. The van der Waals surface area contributed by atoms with Gasteiger partial charge in [0.15, 0.2) is 0 Å². The monoisotopic (exact) mass is 360 g/mol. The van der Waals surface area contributed by atoms with Gasteiger partial charge in [0, 0.05) is 18.0 Å². The Kier molecular flexibility index (Phi) is 5.03. The van der Waals surface area contributed by atoms with Crippen LogP contribution in [-0.4, -0.2) is 30.2 Å². The first-order chi connectivity index (χ1) is 13.3. The average molecular weight is 360 g/mol. The molecular formula is C22H24N4O. The fourth-order valence-electron chi connectivity index (χ4n) is 3.62. The summed E-state index contributed by atoms with van der Waals surface area (Å²) < 4.78 is 5.39. The first kappa shape index (κ1) is 17.5. The molecule has 0 radical (unpaired) electrons. The summed E-state index contributed by atoms with van der Waals surface area (Å²) in [7, 11) is 1.66. The van der Waals surface area contributed by atoms with Gasteiger partial charge in [-0.1, -0.05) is 42.5 Å². The van der Waals surface area contributed by atoms with E-state index >= 15 is 0 Å². The largest absolute Gasteiger partial charge is 0.497 e. The second-order valence-corrected chi connectivity index (χ2v) is 6.83. The summed E-state index contributed by atoms with van der Waals surface area (Å²) in [5.74, 6) is 2.41. The van der Waals surface area contributed by atoms with Crippen molar-refractivity contribution in [3.05, 3.63) is 60.4 Å². The number of nitrogens with one attached hydrogen (secondary N) is 1. The number of nitrogens with zero attached hydrogens (tertiary/aromatic N) is 2. The highest BCUT2D eigenvalue weighted by molar-refractivity contribution is 5.87. The molecule has 0 amide bonds. The number of ether oxygens (including phenoxy) is 1. The number of rotatable bonds is 4. The molecule has 4 rings (SSSR count). The summed E-state index contributed by atoms with van der Waals surface area (Å²) in [5, 5.41) is 3.44. The lowest BCUT2D eigenvalue weighted by molar-refractivity contribution is 0.415. The van der Waals surface area contributed by atoms with Gasteiger partial charge in [-0.15, -0.1) is 0 Å². The number of nitrogens with two attached hydrogens (primary N) is 1. The van der Waals surface area contributed by atoms with Crippen molar-refractivity contribution < 1.29 is 4.74 Å². The van der Waals surface area contributed by atoms with E-state index in [0.29, 0.717) is 11.7 Å². The van der Waals surface area contributed by atoms with Gasteiger partial charge in [-0.3, -0.25) is 0 Å². The third kappa shape index (κ3) is 3.64. The Morgan fingerprint density at radius 1 is 1.04 bits per heavy atom. The standard InChI is InChI=1S/C22H24N4O/c1-27-18-11-5-9-16(13-18)19-20(15-7-3-2-4-8-15)25-22(26-21(19)23)17-10-6-12-24-14-17/h2-5,7-9,11,13,17,24H,6,10,12,14H2,1H3,(H2,23,25,26). The van der Waals surface area contributed by atoms with Crippen molar-refractivity contribution in [1.29, 1.82) is 0 Å². The van der Waals surface area contributed by atoms with Crippen molar-refractivity contribution >= 4 is 5.82 Å². The number of aromatic nitrogens is 2. The molecule has 0 bridgehead atoms. The summed E-state index contributed by atoms with van der Waals surface area (Å²) >= 11 is 0. The first-order valence-corrected chi connectivity index (χ1v) is 9.34. The molecule has 1 fully saturated rings. The van der Waals surface area contributed by atoms with Crippen molar-refractivity contribution in [2.45, 2.75) is 18.8 Å². The lowest BCUT2D eigenvalue weighted by Gasteiger charge is -2.23. The van der Waals surface area contributed by atoms with Crippen LogP contribution < -0.4 is 15.8 Å². The topological polar surface area (TPSA) is 73.1 Å². The second-order valence-electron chi connectivity index (χ2n) is 6.83. The normalized spacial score (nSPS) is 16.9. The SMILES string of the molecule is COc1cccc(-c2c(N)nc(C3CCCNC3)nc2-c2ccccc2)c1. The number of benzene rings is 2. The Balaban J connectivity index is 1.89. The number of hydrogen-bond donors (Lipinski definition) is 2. The maximum absolute atomic E-state index is 6.48. The predicted octanol–water partition coefficient (Wildman–Crippen LogP) is 3.87. The maximum Gasteiger partial charge on any atom is 0.135 e. The van der Waals surface area contributed by atoms with Gasteiger partial charge in [0.25, 0.3) is 0 Å². The van der Waals surface area contributed by atoms with Gasteiger partial charge < -0.3 is 15.8 Å². The molecule has 1 aliphatic rings. The van der Waals surface area contributed by atoms with Crippen LogP contribution in [0.25, 0.3) is 22.4 Å². The number of piperidine rings is 1. The van der Waals surface area contributed by atoms with Gasteiger partial charge in [-0.2, -0.15) is 0 Å². The Morgan fingerprint density at radius 3 is 2.59 bits per heavy atom. The minimum absolute atomic E-state index is 0.294. The van der Waals surface area contributed by atoms with Crippen LogP contribution in [0.3, 0.4) is 0 Å². The van der Waals surface area contributed by atoms with E-state index in [4.69, 9.17) is 20.4 Å². The third-order valence-corrected chi connectivity index (χ3v) is 5.02. The maximum atomic E-state index is 6.48. The Morgan fingerprint density at radius 2 is 1.85 bits per heavy atom. The molecule has 1 aliphatic heterocycles. The van der Waals surface area contributed by atoms with Crippen LogP contribution in [0.2, 0.25) is 0 Å². The number of methoxy groups -OCH3 is 1. The zero-order chi connectivity index (χ0) is 18.6. The van der Waals surface area contributed by atoms with Crippen LogP contribution in [0, 0.1) is 0 Å². The molecule has 5 heteroatoms. The van der Waals surface area contributed by atoms with Crippen LogP contribution in [-0.2, 0) is 0 Å². The smallest absolute Gasteiger partial charge is 0.135 e. The summed E-state index contributed by atoms with van der Waals surface area (Å²) in [5.41, 5.74) is 10.2. The van der Waals surface area contributed by atoms with Crippen molar-refractivity contribution in [3.8, 4) is 28.1 Å². The zero-order valence-corrected chi connectivity index (χ0v) is 15.5. The molecule has 27 heavy (non-hydrogen) atoms. The van der Waals surface area contributed by atoms with Crippen molar-refractivity contribution in [2.24, 2.45) is 0 Å². The summed E-state index contributed by atoms with van der Waals surface area (Å²) in [6, 6.07) is 18.0. The third-order valence-electron chi connectivity index (χ3n) is 5.02. The van der Waals surface area contributed by atoms with E-state index in [1.54, 1.807) is 7.11 Å². The number of hydrogen-bond acceptors (Lipinski definition) is 5. The summed E-state index contributed by atoms with van der Waals surface area (Å²) in [6.07, 6.45) is 2.21. The van der Waals surface area contributed by atoms with Crippen molar-refractivity contribution in [2.75, 3.05) is 25.9 Å². The molecule has 138 valence electrons. The van der Waals surface area contributed by atoms with Crippen LogP contribution >= 0.6 is 0 Å². The molecule has 5 nitrogen and oxygen atoms in total. The molecule has 3 N–H and O–H groups in total. The highest BCUT2D eigenvalue weighted by atomic mass is 16.5. The van der Waals surface area contributed by atoms with Crippen molar-refractivity contribution in [1.82, 2.24) is 15.3 Å². The van der Waals surface area contributed by atoms with Crippen LogP contribution in [0.1, 0.15) is 24.6 Å². The van der Waals surface area contributed by atoms with E-state index in [-0.39, 0.29) is 0 Å². The van der Waals surface area contributed by atoms with E-state index in [2.05, 4.69) is 17.4 Å². The Labute approximate surface area is 159 Å². The summed E-state index contributed by atoms with van der Waals surface area (Å²) in [6.45, 7) is 1.95. The van der Waals surface area contributed by atoms with E-state index in [1.807, 2.05) is 42.5 Å². The summed E-state index contributed by atoms with van der Waals surface area (Å²) in [4.78, 5) is 9.69. The molecule has 2 heterocycles. The van der Waals surface area contributed by atoms with Crippen LogP contribution in [0.5, 0.6) is 5.75 Å². The van der Waals surface area contributed by atoms with Gasteiger partial charge in [-0.05, 0) is 37.1 Å². The minimum atomic E-state index is 0.294. The van der Waals surface area contributed by atoms with Crippen LogP contribution in [0.15, 0.2) is 54.6 Å². The fraction of sp³-hybridized carbons (Fsp3) is 0.273. The molecule has 0 saturated carbocycles. The van der Waals surface area contributed by atoms with Gasteiger partial charge in [-0.25, -0.2) is 9.97 Å². The Hall–Kier alpha value is -2.92. The van der Waals surface area contributed by atoms with Gasteiger partial charge in [0.05, 0.1) is 18.4 Å². The number of anilines is 1. The van der Waals surface area contributed by atoms with Crippen LogP contribution in [0.4, 0.5) is 5.82 Å². The molecule has 1 saturated heterocycles. The average Bonchev–Trinajstić information content (AvgIpc) is 2.74. The molecule has 0 spiro atoms. The van der Waals surface area contributed by atoms with Gasteiger partial charge in [0.1, 0.15) is 17.4 Å². The Bertz CT molecular complexity index is 921. The fourth-order valence-corrected chi connectivity index (χ4v) is 3.62. The molecule has 1 atom stereocenters. The molecule has 1 unspecified atom stereocenters. The minimum Gasteiger partial charge on any atom is -0.497 e. The highest BCUT2D eigenvalue weighted by Crippen LogP contribution is 2.37. The van der Waals surface area contributed by atoms with Crippen molar-refractivity contribution in [3.63, 3.8) is 0 Å². The van der Waals surface area contributed by atoms with E-state index in [1.165, 1.54) is 0 Å². The predicted molar refractivity (Wildman–Crippen MR) is 109 cm³/mol. The van der Waals surface area contributed by atoms with E-state index < -0.39 is 0 Å². The molecular weight excluding hydrogens is 336 g/mol. The van der Waals surface area contributed by atoms with E-state index in [0.717, 1.165) is 59.9 Å². The molecule has 0 aliphatic carbocycles. The quantitative estimate of drug-likeness (QED) is 0.739. The van der Waals surface area contributed by atoms with Gasteiger partial charge >= 0.3 is 0 Å². The first-order valence-electron chi connectivity index (χ1n) is 9.34. The highest BCUT2D eigenvalue weighted by Gasteiger charge is 2.22. The number of nitrogen functional groups attached to an aromatic ring is 1. The van der Waals surface area contributed by atoms with Gasteiger partial charge in [0.2, 0.25) is 0 Å². The lowest BCUT2D eigenvalue weighted by Crippen LogP contribution is -2.29. The second kappa shape index (κ2) is 7.76.